The van der Waals surface area contributed by atoms with Crippen LogP contribution in [0.1, 0.15) is 18.1 Å². The van der Waals surface area contributed by atoms with Gasteiger partial charge in [-0.2, -0.15) is 0 Å². The number of benzene rings is 2. The van der Waals surface area contributed by atoms with E-state index in [-0.39, 0.29) is 17.5 Å². The monoisotopic (exact) mass is 506 g/mol. The van der Waals surface area contributed by atoms with Crippen molar-refractivity contribution < 1.29 is 10.2 Å². The summed E-state index contributed by atoms with van der Waals surface area (Å²) in [6, 6.07) is 6.34. The zero-order chi connectivity index (χ0) is 18.6. The SMILES string of the molecule is C[C@H](CN=Cc1cc(Cl)cc(Br)c1O)N=Cc1cc(Cl)cc(Br)c1O. The lowest BCUT2D eigenvalue weighted by molar-refractivity contribution is 0.470. The van der Waals surface area contributed by atoms with E-state index in [1.165, 1.54) is 0 Å². The van der Waals surface area contributed by atoms with Gasteiger partial charge in [0.1, 0.15) is 11.5 Å². The number of nitrogens with zero attached hydrogens (tertiary/aromatic N) is 2. The number of hydrogen-bond donors (Lipinski definition) is 2. The molecule has 25 heavy (non-hydrogen) atoms. The lowest BCUT2D eigenvalue weighted by atomic mass is 10.2. The molecular formula is C17H14Br2Cl2N2O2. The van der Waals surface area contributed by atoms with Crippen LogP contribution in [-0.4, -0.2) is 35.2 Å². The third-order valence-electron chi connectivity index (χ3n) is 3.18. The highest BCUT2D eigenvalue weighted by Gasteiger charge is 2.07. The smallest absolute Gasteiger partial charge is 0.138 e. The van der Waals surface area contributed by atoms with E-state index in [9.17, 15) is 10.2 Å². The van der Waals surface area contributed by atoms with Gasteiger partial charge in [-0.15, -0.1) is 0 Å². The van der Waals surface area contributed by atoms with Crippen molar-refractivity contribution in [3.8, 4) is 11.5 Å². The van der Waals surface area contributed by atoms with Gasteiger partial charge in [-0.3, -0.25) is 9.98 Å². The molecule has 132 valence electrons. The van der Waals surface area contributed by atoms with Gasteiger partial charge in [-0.1, -0.05) is 23.2 Å². The van der Waals surface area contributed by atoms with Crippen molar-refractivity contribution in [3.63, 3.8) is 0 Å². The number of hydrogen-bond acceptors (Lipinski definition) is 4. The quantitative estimate of drug-likeness (QED) is 0.497. The molecule has 0 radical (unpaired) electrons. The average Bonchev–Trinajstić information content (AvgIpc) is 2.53. The Kier molecular flexibility index (Phi) is 7.31. The van der Waals surface area contributed by atoms with Gasteiger partial charge in [0.2, 0.25) is 0 Å². The van der Waals surface area contributed by atoms with Crippen molar-refractivity contribution in [3.05, 3.63) is 54.4 Å². The van der Waals surface area contributed by atoms with Crippen LogP contribution in [0.4, 0.5) is 0 Å². The number of aliphatic imine (C=N–C) groups is 2. The molecule has 0 fully saturated rings. The third-order valence-corrected chi connectivity index (χ3v) is 4.83. The summed E-state index contributed by atoms with van der Waals surface area (Å²) in [6.45, 7) is 2.29. The summed E-state index contributed by atoms with van der Waals surface area (Å²) in [6.07, 6.45) is 3.10. The maximum Gasteiger partial charge on any atom is 0.138 e. The standard InChI is InChI=1S/C17H14Br2Cl2N2O2/c1-9(23-8-11-3-13(21)5-15(19)17(11)25)6-22-7-10-2-12(20)4-14(18)16(10)24/h2-5,7-9,24-25H,6H2,1H3/t9-/m1/s1. The van der Waals surface area contributed by atoms with Crippen molar-refractivity contribution in [2.45, 2.75) is 13.0 Å². The first-order valence-electron chi connectivity index (χ1n) is 7.17. The van der Waals surface area contributed by atoms with Crippen LogP contribution in [0.3, 0.4) is 0 Å². The summed E-state index contributed by atoms with van der Waals surface area (Å²) in [5, 5.41) is 20.9. The Balaban J connectivity index is 2.05. The van der Waals surface area contributed by atoms with Crippen LogP contribution in [0.25, 0.3) is 0 Å². The molecule has 0 aliphatic carbocycles. The van der Waals surface area contributed by atoms with Crippen LogP contribution in [0.2, 0.25) is 10.0 Å². The first-order chi connectivity index (χ1) is 11.8. The zero-order valence-corrected chi connectivity index (χ0v) is 17.7. The highest BCUT2D eigenvalue weighted by Crippen LogP contribution is 2.31. The van der Waals surface area contributed by atoms with Gasteiger partial charge in [0, 0.05) is 33.6 Å². The summed E-state index contributed by atoms with van der Waals surface area (Å²) < 4.78 is 1.02. The van der Waals surface area contributed by atoms with Gasteiger partial charge in [-0.05, 0) is 63.0 Å². The topological polar surface area (TPSA) is 65.2 Å². The predicted molar refractivity (Wildman–Crippen MR) is 111 cm³/mol. The number of halogens is 4. The van der Waals surface area contributed by atoms with Crippen LogP contribution in [0.5, 0.6) is 11.5 Å². The average molecular weight is 509 g/mol. The lowest BCUT2D eigenvalue weighted by Gasteiger charge is -2.05. The fraction of sp³-hybridized carbons (Fsp3) is 0.176. The molecule has 0 amide bonds. The minimum absolute atomic E-state index is 0.0811. The van der Waals surface area contributed by atoms with Gasteiger partial charge in [-0.25, -0.2) is 0 Å². The van der Waals surface area contributed by atoms with Crippen LogP contribution >= 0.6 is 55.1 Å². The predicted octanol–water partition coefficient (Wildman–Crippen LogP) is 5.86. The highest BCUT2D eigenvalue weighted by molar-refractivity contribution is 9.10. The minimum atomic E-state index is -0.127. The van der Waals surface area contributed by atoms with Crippen LogP contribution in [-0.2, 0) is 0 Å². The van der Waals surface area contributed by atoms with Crippen LogP contribution in [0, 0.1) is 0 Å². The molecule has 2 rings (SSSR count). The Hall–Kier alpha value is -1.08. The third kappa shape index (κ3) is 5.71. The van der Waals surface area contributed by atoms with E-state index in [2.05, 4.69) is 41.8 Å². The molecule has 0 bridgehead atoms. The first kappa shape index (κ1) is 20.2. The number of phenols is 2. The van der Waals surface area contributed by atoms with Crippen LogP contribution < -0.4 is 0 Å². The van der Waals surface area contributed by atoms with Crippen molar-refractivity contribution in [1.29, 1.82) is 0 Å². The molecule has 1 atom stereocenters. The Morgan fingerprint density at radius 2 is 1.44 bits per heavy atom. The Labute approximate surface area is 172 Å². The summed E-state index contributed by atoms with van der Waals surface area (Å²) in [5.41, 5.74) is 1.04. The maximum absolute atomic E-state index is 9.97. The Morgan fingerprint density at radius 3 is 1.96 bits per heavy atom. The van der Waals surface area contributed by atoms with E-state index in [0.717, 1.165) is 0 Å². The van der Waals surface area contributed by atoms with E-state index < -0.39 is 0 Å². The van der Waals surface area contributed by atoms with E-state index >= 15 is 0 Å². The fourth-order valence-corrected chi connectivity index (χ4v) is 3.59. The number of rotatable bonds is 5. The molecule has 0 heterocycles. The second-order valence-electron chi connectivity index (χ2n) is 5.27. The molecule has 0 saturated carbocycles. The minimum Gasteiger partial charge on any atom is -0.506 e. The molecule has 0 aliphatic heterocycles. The van der Waals surface area contributed by atoms with Crippen molar-refractivity contribution in [1.82, 2.24) is 0 Å². The number of aromatic hydroxyl groups is 2. The molecule has 4 nitrogen and oxygen atoms in total. The molecule has 2 aromatic rings. The molecule has 0 spiro atoms. The van der Waals surface area contributed by atoms with E-state index in [1.54, 1.807) is 36.7 Å². The largest absolute Gasteiger partial charge is 0.506 e. The molecular weight excluding hydrogens is 495 g/mol. The summed E-state index contributed by atoms with van der Waals surface area (Å²) >= 11 is 18.4. The zero-order valence-electron chi connectivity index (χ0n) is 13.0. The van der Waals surface area contributed by atoms with Gasteiger partial charge in [0.05, 0.1) is 21.5 Å². The summed E-state index contributed by atoms with van der Waals surface area (Å²) in [4.78, 5) is 8.63. The molecule has 2 N–H and O–H groups in total. The molecule has 8 heteroatoms. The molecule has 0 aromatic heterocycles. The maximum atomic E-state index is 9.97. The van der Waals surface area contributed by atoms with Gasteiger partial charge in [0.25, 0.3) is 0 Å². The van der Waals surface area contributed by atoms with Crippen molar-refractivity contribution in [2.75, 3.05) is 6.54 Å². The second kappa shape index (κ2) is 9.03. The van der Waals surface area contributed by atoms with E-state index in [0.29, 0.717) is 36.7 Å². The fourth-order valence-electron chi connectivity index (χ4n) is 1.93. The first-order valence-corrected chi connectivity index (χ1v) is 9.51. The van der Waals surface area contributed by atoms with Crippen molar-refractivity contribution in [2.24, 2.45) is 9.98 Å². The molecule has 0 saturated heterocycles. The highest BCUT2D eigenvalue weighted by atomic mass is 79.9. The lowest BCUT2D eigenvalue weighted by Crippen LogP contribution is -2.04. The van der Waals surface area contributed by atoms with Gasteiger partial charge < -0.3 is 10.2 Å². The van der Waals surface area contributed by atoms with Gasteiger partial charge >= 0.3 is 0 Å². The molecule has 0 unspecified atom stereocenters. The Morgan fingerprint density at radius 1 is 0.960 bits per heavy atom. The Bertz CT molecular complexity index is 842. The molecule has 0 aliphatic rings. The van der Waals surface area contributed by atoms with Crippen LogP contribution in [0.15, 0.2) is 43.2 Å². The summed E-state index contributed by atoms with van der Waals surface area (Å²) in [5.74, 6) is 0.163. The second-order valence-corrected chi connectivity index (χ2v) is 7.85. The molecule has 2 aromatic carbocycles. The van der Waals surface area contributed by atoms with Crippen molar-refractivity contribution >= 4 is 67.5 Å². The van der Waals surface area contributed by atoms with E-state index in [1.807, 2.05) is 6.92 Å². The van der Waals surface area contributed by atoms with Gasteiger partial charge in [0.15, 0.2) is 0 Å². The number of phenolic OH excluding ortho intramolecular Hbond substituents is 2. The summed E-state index contributed by atoms with van der Waals surface area (Å²) in [7, 11) is 0. The van der Waals surface area contributed by atoms with E-state index in [4.69, 9.17) is 23.2 Å². The normalized spacial score (nSPS) is 13.0.